The third-order valence-corrected chi connectivity index (χ3v) is 3.34. The van der Waals surface area contributed by atoms with E-state index in [9.17, 15) is 5.11 Å². The molecule has 0 aliphatic rings. The minimum absolute atomic E-state index is 0.153. The number of aliphatic hydroxyl groups excluding tert-OH is 1. The van der Waals surface area contributed by atoms with Crippen molar-refractivity contribution in [2.24, 2.45) is 0 Å². The quantitative estimate of drug-likeness (QED) is 0.713. The zero-order chi connectivity index (χ0) is 16.8. The summed E-state index contributed by atoms with van der Waals surface area (Å²) in [6.07, 6.45) is -0.738. The molecule has 0 unspecified atom stereocenters. The molecular weight excluding hydrogens is 308 g/mol. The lowest BCUT2D eigenvalue weighted by Gasteiger charge is -2.11. The van der Waals surface area contributed by atoms with Crippen molar-refractivity contribution in [3.63, 3.8) is 0 Å². The summed E-state index contributed by atoms with van der Waals surface area (Å²) in [5, 5.41) is 22.3. The molecule has 0 spiro atoms. The van der Waals surface area contributed by atoms with Gasteiger partial charge in [0.15, 0.2) is 0 Å². The summed E-state index contributed by atoms with van der Waals surface area (Å²) in [5.41, 5.74) is 0.802. The lowest BCUT2D eigenvalue weighted by Crippen LogP contribution is -2.24. The molecule has 3 aromatic rings. The molecule has 124 valence electrons. The van der Waals surface area contributed by atoms with Crippen molar-refractivity contribution in [2.75, 3.05) is 13.7 Å². The van der Waals surface area contributed by atoms with Crippen molar-refractivity contribution in [1.29, 1.82) is 0 Å². The Labute approximate surface area is 139 Å². The average Bonchev–Trinajstić information content (AvgIpc) is 3.09. The average molecular weight is 326 g/mol. The Kier molecular flexibility index (Phi) is 5.02. The predicted molar refractivity (Wildman–Crippen MR) is 87.7 cm³/mol. The van der Waals surface area contributed by atoms with Gasteiger partial charge in [0, 0.05) is 5.56 Å². The summed E-state index contributed by atoms with van der Waals surface area (Å²) in [7, 11) is 1.60. The van der Waals surface area contributed by atoms with Crippen LogP contribution in [-0.4, -0.2) is 45.1 Å². The number of hydrogen-bond acceptors (Lipinski definition) is 6. The summed E-state index contributed by atoms with van der Waals surface area (Å²) >= 11 is 0. The van der Waals surface area contributed by atoms with E-state index >= 15 is 0 Å². The Hall–Kier alpha value is -2.93. The number of ether oxygens (including phenoxy) is 2. The molecule has 1 atom stereocenters. The number of benzene rings is 2. The third kappa shape index (κ3) is 4.08. The molecule has 7 nitrogen and oxygen atoms in total. The number of para-hydroxylation sites is 1. The Morgan fingerprint density at radius 2 is 1.88 bits per heavy atom. The molecule has 0 aliphatic heterocycles. The molecule has 0 saturated heterocycles. The molecule has 24 heavy (non-hydrogen) atoms. The highest BCUT2D eigenvalue weighted by Gasteiger charge is 2.11. The highest BCUT2D eigenvalue weighted by Crippen LogP contribution is 2.19. The van der Waals surface area contributed by atoms with Crippen LogP contribution in [0, 0.1) is 0 Å². The molecule has 2 aromatic carbocycles. The van der Waals surface area contributed by atoms with E-state index in [1.54, 1.807) is 7.11 Å². The first-order chi connectivity index (χ1) is 11.7. The van der Waals surface area contributed by atoms with E-state index in [2.05, 4.69) is 15.4 Å². The van der Waals surface area contributed by atoms with Gasteiger partial charge in [-0.1, -0.05) is 30.3 Å². The summed E-state index contributed by atoms with van der Waals surface area (Å²) in [5.74, 6) is 1.91. The van der Waals surface area contributed by atoms with Crippen LogP contribution in [-0.2, 0) is 6.54 Å². The van der Waals surface area contributed by atoms with Crippen LogP contribution in [0.3, 0.4) is 0 Å². The molecule has 1 heterocycles. The first-order valence-corrected chi connectivity index (χ1v) is 7.53. The standard InChI is InChI=1S/C17H18N4O3/c1-23-16-9-5-6-13(10-16)17-18-20-21(19-17)11-14(22)12-24-15-7-3-2-4-8-15/h2-10,14,22H,11-12H2,1H3/t14-/m1/s1. The monoisotopic (exact) mass is 326 g/mol. The second-order valence-electron chi connectivity index (χ2n) is 5.18. The molecule has 0 aliphatic carbocycles. The van der Waals surface area contributed by atoms with E-state index in [4.69, 9.17) is 9.47 Å². The molecular formula is C17H18N4O3. The molecule has 0 amide bonds. The van der Waals surface area contributed by atoms with Crippen LogP contribution in [0.5, 0.6) is 11.5 Å². The van der Waals surface area contributed by atoms with Gasteiger partial charge in [0.05, 0.1) is 13.7 Å². The maximum absolute atomic E-state index is 10.1. The summed E-state index contributed by atoms with van der Waals surface area (Å²) in [6, 6.07) is 16.7. The minimum Gasteiger partial charge on any atom is -0.497 e. The number of methoxy groups -OCH3 is 1. The van der Waals surface area contributed by atoms with Crippen LogP contribution in [0.2, 0.25) is 0 Å². The van der Waals surface area contributed by atoms with Crippen LogP contribution in [0.4, 0.5) is 0 Å². The van der Waals surface area contributed by atoms with Crippen LogP contribution in [0.15, 0.2) is 54.6 Å². The molecule has 0 radical (unpaired) electrons. The SMILES string of the molecule is COc1cccc(-c2nnn(C[C@@H](O)COc3ccccc3)n2)c1. The Morgan fingerprint density at radius 3 is 2.67 bits per heavy atom. The second-order valence-corrected chi connectivity index (χ2v) is 5.18. The van der Waals surface area contributed by atoms with E-state index in [0.29, 0.717) is 11.6 Å². The lowest BCUT2D eigenvalue weighted by molar-refractivity contribution is 0.0850. The zero-order valence-corrected chi connectivity index (χ0v) is 13.2. The van der Waals surface area contributed by atoms with Gasteiger partial charge in [0.1, 0.15) is 24.2 Å². The fourth-order valence-electron chi connectivity index (χ4n) is 2.15. The summed E-state index contributed by atoms with van der Waals surface area (Å²) in [6.45, 7) is 0.351. The topological polar surface area (TPSA) is 82.3 Å². The van der Waals surface area contributed by atoms with Crippen molar-refractivity contribution in [2.45, 2.75) is 12.6 Å². The molecule has 1 N–H and O–H groups in total. The molecule has 1 aromatic heterocycles. The maximum Gasteiger partial charge on any atom is 0.205 e. The van der Waals surface area contributed by atoms with E-state index in [1.807, 2.05) is 54.6 Å². The molecule has 0 bridgehead atoms. The van der Waals surface area contributed by atoms with Gasteiger partial charge in [0.2, 0.25) is 5.82 Å². The second kappa shape index (κ2) is 7.56. The van der Waals surface area contributed by atoms with Gasteiger partial charge < -0.3 is 14.6 Å². The van der Waals surface area contributed by atoms with Gasteiger partial charge in [0.25, 0.3) is 0 Å². The summed E-state index contributed by atoms with van der Waals surface area (Å²) in [4.78, 5) is 1.35. The number of aliphatic hydroxyl groups is 1. The van der Waals surface area contributed by atoms with Gasteiger partial charge in [-0.15, -0.1) is 10.2 Å². The lowest BCUT2D eigenvalue weighted by atomic mass is 10.2. The fraction of sp³-hybridized carbons (Fsp3) is 0.235. The van der Waals surface area contributed by atoms with Crippen molar-refractivity contribution in [1.82, 2.24) is 20.2 Å². The molecule has 7 heteroatoms. The fourth-order valence-corrected chi connectivity index (χ4v) is 2.15. The predicted octanol–water partition coefficient (Wildman–Crippen LogP) is 1.79. The minimum atomic E-state index is -0.738. The Balaban J connectivity index is 1.59. The third-order valence-electron chi connectivity index (χ3n) is 3.34. The highest BCUT2D eigenvalue weighted by atomic mass is 16.5. The van der Waals surface area contributed by atoms with E-state index in [1.165, 1.54) is 4.80 Å². The van der Waals surface area contributed by atoms with E-state index < -0.39 is 6.10 Å². The number of nitrogens with zero attached hydrogens (tertiary/aromatic N) is 4. The maximum atomic E-state index is 10.1. The highest BCUT2D eigenvalue weighted by molar-refractivity contribution is 5.56. The molecule has 0 fully saturated rings. The number of hydrogen-bond donors (Lipinski definition) is 1. The van der Waals surface area contributed by atoms with Crippen LogP contribution < -0.4 is 9.47 Å². The van der Waals surface area contributed by atoms with Crippen LogP contribution in [0.25, 0.3) is 11.4 Å². The van der Waals surface area contributed by atoms with E-state index in [-0.39, 0.29) is 13.2 Å². The van der Waals surface area contributed by atoms with E-state index in [0.717, 1.165) is 11.3 Å². The van der Waals surface area contributed by atoms with Gasteiger partial charge in [-0.2, -0.15) is 4.80 Å². The molecule has 3 rings (SSSR count). The number of aromatic nitrogens is 4. The van der Waals surface area contributed by atoms with Crippen molar-refractivity contribution in [3.05, 3.63) is 54.6 Å². The van der Waals surface area contributed by atoms with Gasteiger partial charge in [-0.25, -0.2) is 0 Å². The number of rotatable bonds is 7. The Bertz CT molecular complexity index is 776. The van der Waals surface area contributed by atoms with Crippen LogP contribution >= 0.6 is 0 Å². The van der Waals surface area contributed by atoms with Crippen molar-refractivity contribution < 1.29 is 14.6 Å². The normalized spacial score (nSPS) is 11.9. The van der Waals surface area contributed by atoms with Gasteiger partial charge in [-0.3, -0.25) is 0 Å². The Morgan fingerprint density at radius 1 is 1.08 bits per heavy atom. The van der Waals surface area contributed by atoms with Crippen LogP contribution in [0.1, 0.15) is 0 Å². The summed E-state index contributed by atoms with van der Waals surface area (Å²) < 4.78 is 10.7. The zero-order valence-electron chi connectivity index (χ0n) is 13.2. The first kappa shape index (κ1) is 15.9. The van der Waals surface area contributed by atoms with Gasteiger partial charge >= 0.3 is 0 Å². The van der Waals surface area contributed by atoms with Gasteiger partial charge in [-0.05, 0) is 29.5 Å². The molecule has 0 saturated carbocycles. The van der Waals surface area contributed by atoms with Crippen molar-refractivity contribution >= 4 is 0 Å². The first-order valence-electron chi connectivity index (χ1n) is 7.53. The smallest absolute Gasteiger partial charge is 0.205 e. The largest absolute Gasteiger partial charge is 0.497 e. The van der Waals surface area contributed by atoms with Crippen molar-refractivity contribution in [3.8, 4) is 22.9 Å². The number of tetrazole rings is 1.